The summed E-state index contributed by atoms with van der Waals surface area (Å²) in [4.78, 5) is 9.76. The van der Waals surface area contributed by atoms with Crippen LogP contribution in [0.5, 0.6) is 0 Å². The van der Waals surface area contributed by atoms with Crippen LogP contribution in [-0.2, 0) is 4.79 Å². The Bertz CT molecular complexity index is 78.1. The predicted molar refractivity (Wildman–Crippen MR) is 34.9 cm³/mol. The average Bonchev–Trinajstić information content (AvgIpc) is 1.66. The second-order valence-electron chi connectivity index (χ2n) is 1.83. The van der Waals surface area contributed by atoms with Crippen LogP contribution >= 0.6 is 0 Å². The molecular weight excluding hydrogens is 208 g/mol. The number of halogens is 1. The summed E-state index contributed by atoms with van der Waals surface area (Å²) in [5.74, 6) is -0.932. The Kier molecular flexibility index (Phi) is 21.1. The second-order valence-corrected chi connectivity index (χ2v) is 1.83. The van der Waals surface area contributed by atoms with Crippen LogP contribution in [0.2, 0.25) is 0 Å². The topological polar surface area (TPSA) is 40.1 Å². The number of rotatable bonds is 4. The zero-order valence-corrected chi connectivity index (χ0v) is 9.23. The maximum absolute atomic E-state index is 9.76. The second kappa shape index (κ2) is 12.4. The number of carbonyl (C=O) groups excluding carboxylic acids is 1. The van der Waals surface area contributed by atoms with E-state index in [-0.39, 0.29) is 46.5 Å². The molecule has 0 aliphatic heterocycles. The van der Waals surface area contributed by atoms with Gasteiger partial charge < -0.3 is 26.9 Å². The summed E-state index contributed by atoms with van der Waals surface area (Å²) in [6, 6.07) is 0. The predicted octanol–water partition coefficient (Wildman–Crippen LogP) is -3.06. The maximum Gasteiger partial charge on any atom is 2.00 e. The van der Waals surface area contributed by atoms with E-state index in [1.165, 1.54) is 0 Å². The minimum Gasteiger partial charge on any atom is -1.00 e. The van der Waals surface area contributed by atoms with Crippen molar-refractivity contribution in [2.45, 2.75) is 32.6 Å². The van der Waals surface area contributed by atoms with Crippen LogP contribution < -0.4 is 22.1 Å². The quantitative estimate of drug-likeness (QED) is 0.372. The van der Waals surface area contributed by atoms with Gasteiger partial charge in [-0.3, -0.25) is 0 Å². The van der Waals surface area contributed by atoms with E-state index in [0.29, 0.717) is 0 Å². The van der Waals surface area contributed by atoms with E-state index < -0.39 is 5.97 Å². The van der Waals surface area contributed by atoms with Gasteiger partial charge in [0.05, 0.1) is 0 Å². The smallest absolute Gasteiger partial charge is 1.00 e. The van der Waals surface area contributed by atoms with Gasteiger partial charge in [0.15, 0.2) is 0 Å². The van der Waals surface area contributed by atoms with E-state index in [1.807, 2.05) is 6.92 Å². The fourth-order valence-corrected chi connectivity index (χ4v) is 0.519. The molecule has 4 heteroatoms. The van der Waals surface area contributed by atoms with Crippen molar-refractivity contribution in [3.63, 3.8) is 0 Å². The molecule has 56 valence electrons. The molecule has 0 aliphatic carbocycles. The van der Waals surface area contributed by atoms with E-state index in [2.05, 4.69) is 0 Å². The Morgan fingerprint density at radius 3 is 2.20 bits per heavy atom. The Morgan fingerprint density at radius 1 is 1.40 bits per heavy atom. The molecule has 0 bridgehead atoms. The van der Waals surface area contributed by atoms with Crippen molar-refractivity contribution in [1.29, 1.82) is 0 Å². The zero-order chi connectivity index (χ0) is 6.41. The molecule has 0 aliphatic rings. The first-order valence-corrected chi connectivity index (χ1v) is 2.97. The number of hydrogen-bond donors (Lipinski definition) is 0. The van der Waals surface area contributed by atoms with Gasteiger partial charge in [0.2, 0.25) is 0 Å². The van der Waals surface area contributed by atoms with E-state index >= 15 is 0 Å². The first-order chi connectivity index (χ1) is 3.77. The summed E-state index contributed by atoms with van der Waals surface area (Å²) >= 11 is 0. The molecule has 0 fully saturated rings. The van der Waals surface area contributed by atoms with Crippen LogP contribution in [-0.4, -0.2) is 29.0 Å². The van der Waals surface area contributed by atoms with E-state index in [0.717, 1.165) is 19.3 Å². The van der Waals surface area contributed by atoms with Gasteiger partial charge in [0, 0.05) is 5.97 Å². The molecule has 0 heterocycles. The van der Waals surface area contributed by atoms with Crippen LogP contribution in [0.15, 0.2) is 0 Å². The van der Waals surface area contributed by atoms with Gasteiger partial charge in [-0.1, -0.05) is 19.8 Å². The number of carboxylic acid groups (broad SMARTS) is 1. The number of carbonyl (C=O) groups is 1. The molecule has 10 heavy (non-hydrogen) atoms. The zero-order valence-electron chi connectivity index (χ0n) is 6.23. The van der Waals surface area contributed by atoms with Crippen molar-refractivity contribution >= 4 is 29.0 Å². The SMILES string of the molecule is CCCCCC(=O)[O-].[Br-].[Mg+2]. The minimum atomic E-state index is -0.932. The van der Waals surface area contributed by atoms with E-state index in [9.17, 15) is 9.90 Å². The number of carboxylic acids is 1. The van der Waals surface area contributed by atoms with Gasteiger partial charge in [-0.05, 0) is 12.8 Å². The van der Waals surface area contributed by atoms with Gasteiger partial charge in [0.1, 0.15) is 0 Å². The molecule has 2 nitrogen and oxygen atoms in total. The van der Waals surface area contributed by atoms with Crippen LogP contribution in [0.4, 0.5) is 0 Å². The summed E-state index contributed by atoms with van der Waals surface area (Å²) in [7, 11) is 0. The fourth-order valence-electron chi connectivity index (χ4n) is 0.519. The summed E-state index contributed by atoms with van der Waals surface area (Å²) in [5, 5.41) is 9.76. The third-order valence-electron chi connectivity index (χ3n) is 0.984. The molecule has 0 saturated carbocycles. The largest absolute Gasteiger partial charge is 2.00 e. The van der Waals surface area contributed by atoms with Crippen molar-refractivity contribution in [3.8, 4) is 0 Å². The minimum absolute atomic E-state index is 0. The molecule has 0 aromatic heterocycles. The third-order valence-corrected chi connectivity index (χ3v) is 0.984. The molecule has 0 amide bonds. The first-order valence-electron chi connectivity index (χ1n) is 2.97. The molecule has 0 unspecified atom stereocenters. The molecule has 0 spiro atoms. The van der Waals surface area contributed by atoms with Crippen molar-refractivity contribution in [2.24, 2.45) is 0 Å². The van der Waals surface area contributed by atoms with Crippen molar-refractivity contribution in [3.05, 3.63) is 0 Å². The summed E-state index contributed by atoms with van der Waals surface area (Å²) < 4.78 is 0. The number of aliphatic carboxylic acids is 1. The van der Waals surface area contributed by atoms with Gasteiger partial charge >= 0.3 is 23.1 Å². The molecule has 0 aromatic rings. The van der Waals surface area contributed by atoms with Gasteiger partial charge in [-0.15, -0.1) is 0 Å². The van der Waals surface area contributed by atoms with Gasteiger partial charge in [-0.2, -0.15) is 0 Å². The maximum atomic E-state index is 9.76. The molecule has 0 radical (unpaired) electrons. The van der Waals surface area contributed by atoms with Crippen LogP contribution in [0, 0.1) is 0 Å². The van der Waals surface area contributed by atoms with Crippen molar-refractivity contribution in [2.75, 3.05) is 0 Å². The van der Waals surface area contributed by atoms with Crippen LogP contribution in [0.25, 0.3) is 0 Å². The van der Waals surface area contributed by atoms with Crippen LogP contribution in [0.3, 0.4) is 0 Å². The molecule has 0 N–H and O–H groups in total. The van der Waals surface area contributed by atoms with Crippen LogP contribution in [0.1, 0.15) is 32.6 Å². The Morgan fingerprint density at radius 2 is 1.90 bits per heavy atom. The van der Waals surface area contributed by atoms with E-state index in [4.69, 9.17) is 0 Å². The Hall–Kier alpha value is 0.716. The molecule has 0 rings (SSSR count). The Labute approximate surface area is 88.3 Å². The molecular formula is C6H11BrMgO2. The molecule has 0 saturated heterocycles. The fraction of sp³-hybridized carbons (Fsp3) is 0.833. The standard InChI is InChI=1S/C6H12O2.BrH.Mg/c1-2-3-4-5-6(7)8;;/h2-5H2,1H3,(H,7,8);1H;/q;;+2/p-2. The summed E-state index contributed by atoms with van der Waals surface area (Å²) in [5.41, 5.74) is 0. The number of unbranched alkanes of at least 4 members (excludes halogenated alkanes) is 2. The summed E-state index contributed by atoms with van der Waals surface area (Å²) in [6.45, 7) is 2.04. The monoisotopic (exact) mass is 218 g/mol. The number of hydrogen-bond acceptors (Lipinski definition) is 2. The summed E-state index contributed by atoms with van der Waals surface area (Å²) in [6.07, 6.45) is 3.04. The Balaban J connectivity index is -0.000000245. The average molecular weight is 219 g/mol. The normalized spacial score (nSPS) is 7.30. The van der Waals surface area contributed by atoms with Gasteiger partial charge in [-0.25, -0.2) is 0 Å². The molecule has 0 atom stereocenters. The third kappa shape index (κ3) is 15.9. The van der Waals surface area contributed by atoms with Gasteiger partial charge in [0.25, 0.3) is 0 Å². The van der Waals surface area contributed by atoms with E-state index in [1.54, 1.807) is 0 Å². The van der Waals surface area contributed by atoms with Crippen molar-refractivity contribution < 1.29 is 26.9 Å². The first kappa shape index (κ1) is 17.0. The van der Waals surface area contributed by atoms with Crippen molar-refractivity contribution in [1.82, 2.24) is 0 Å². The molecule has 0 aromatic carbocycles.